The summed E-state index contributed by atoms with van der Waals surface area (Å²) in [7, 11) is 0. The molecule has 4 rings (SSSR count). The zero-order valence-electron chi connectivity index (χ0n) is 9.36. The van der Waals surface area contributed by atoms with Crippen LogP contribution in [0.25, 0.3) is 0 Å². The van der Waals surface area contributed by atoms with Crippen molar-refractivity contribution in [3.63, 3.8) is 0 Å². The lowest BCUT2D eigenvalue weighted by atomic mass is 9.53. The van der Waals surface area contributed by atoms with Crippen LogP contribution in [0.2, 0.25) is 0 Å². The van der Waals surface area contributed by atoms with Gasteiger partial charge in [0.25, 0.3) is 0 Å². The molecule has 2 aliphatic heterocycles. The molecule has 0 aromatic rings. The zero-order chi connectivity index (χ0) is 11.6. The van der Waals surface area contributed by atoms with E-state index in [1.165, 1.54) is 0 Å². The molecule has 2 heterocycles. The fourth-order valence-electron chi connectivity index (χ4n) is 4.23. The van der Waals surface area contributed by atoms with Crippen LogP contribution in [0.1, 0.15) is 39.0 Å². The van der Waals surface area contributed by atoms with Crippen LogP contribution in [0.5, 0.6) is 0 Å². The molecule has 4 fully saturated rings. The maximum Gasteiger partial charge on any atom is 0.309 e. The quantitative estimate of drug-likeness (QED) is 0.687. The molecule has 2 saturated carbocycles. The zero-order valence-corrected chi connectivity index (χ0v) is 9.36. The van der Waals surface area contributed by atoms with Gasteiger partial charge in [0, 0.05) is 6.42 Å². The second kappa shape index (κ2) is 2.79. The van der Waals surface area contributed by atoms with E-state index in [9.17, 15) is 14.7 Å². The van der Waals surface area contributed by atoms with Gasteiger partial charge in [-0.25, -0.2) is 0 Å². The van der Waals surface area contributed by atoms with E-state index < -0.39 is 11.4 Å². The third-order valence-electron chi connectivity index (χ3n) is 4.55. The minimum atomic E-state index is -0.744. The molecule has 0 amide bonds. The maximum atomic E-state index is 11.8. The highest BCUT2D eigenvalue weighted by molar-refractivity contribution is 5.80. The molecule has 4 bridgehead atoms. The summed E-state index contributed by atoms with van der Waals surface area (Å²) in [6, 6.07) is 0. The average molecular weight is 224 g/mol. The molecule has 4 nitrogen and oxygen atoms in total. The van der Waals surface area contributed by atoms with E-state index >= 15 is 0 Å². The van der Waals surface area contributed by atoms with Crippen LogP contribution in [-0.2, 0) is 14.3 Å². The standard InChI is InChI=1S/C12H16O4/c1-11-2-7-3-12(6-11,10(14)15)5-8(4-11)16-9(7)13/h7-8H,2-6H2,1H3,(H,14,15)/t7?,8?,11-,12?/m0/s1. The number of hydrogen-bond donors (Lipinski definition) is 1. The molecule has 16 heavy (non-hydrogen) atoms. The Morgan fingerprint density at radius 1 is 1.38 bits per heavy atom. The van der Waals surface area contributed by atoms with Gasteiger partial charge in [-0.15, -0.1) is 0 Å². The van der Waals surface area contributed by atoms with Gasteiger partial charge in [-0.05, 0) is 31.1 Å². The molecule has 0 aromatic carbocycles. The summed E-state index contributed by atoms with van der Waals surface area (Å²) in [5, 5.41) is 9.44. The third-order valence-corrected chi connectivity index (χ3v) is 4.55. The monoisotopic (exact) mass is 224 g/mol. The third kappa shape index (κ3) is 1.22. The highest BCUT2D eigenvalue weighted by Gasteiger charge is 2.60. The number of carbonyl (C=O) groups is 2. The average Bonchev–Trinajstić information content (AvgIpc) is 2.27. The molecular weight excluding hydrogens is 208 g/mol. The minimum absolute atomic E-state index is 0.0175. The maximum absolute atomic E-state index is 11.8. The van der Waals surface area contributed by atoms with E-state index in [-0.39, 0.29) is 23.4 Å². The van der Waals surface area contributed by atoms with Crippen molar-refractivity contribution in [2.24, 2.45) is 16.7 Å². The van der Waals surface area contributed by atoms with Crippen LogP contribution in [0.3, 0.4) is 0 Å². The first kappa shape index (κ1) is 10.1. The van der Waals surface area contributed by atoms with E-state index in [1.807, 2.05) is 0 Å². The van der Waals surface area contributed by atoms with E-state index in [4.69, 9.17) is 4.74 Å². The van der Waals surface area contributed by atoms with Crippen LogP contribution in [0.15, 0.2) is 0 Å². The molecule has 4 heteroatoms. The van der Waals surface area contributed by atoms with Crippen LogP contribution < -0.4 is 0 Å². The lowest BCUT2D eigenvalue weighted by Crippen LogP contribution is -2.49. The lowest BCUT2D eigenvalue weighted by Gasteiger charge is -2.49. The number of hydrogen-bond acceptors (Lipinski definition) is 3. The van der Waals surface area contributed by atoms with Crippen LogP contribution >= 0.6 is 0 Å². The molecule has 4 aliphatic rings. The second-order valence-electron chi connectivity index (χ2n) is 6.15. The first-order chi connectivity index (χ1) is 7.42. The number of carboxylic acid groups (broad SMARTS) is 1. The van der Waals surface area contributed by atoms with Crippen molar-refractivity contribution in [1.29, 1.82) is 0 Å². The molecular formula is C12H16O4. The van der Waals surface area contributed by atoms with Crippen molar-refractivity contribution in [1.82, 2.24) is 0 Å². The minimum Gasteiger partial charge on any atom is -0.481 e. The fourth-order valence-corrected chi connectivity index (χ4v) is 4.23. The summed E-state index contributed by atoms with van der Waals surface area (Å²) >= 11 is 0. The van der Waals surface area contributed by atoms with E-state index in [0.717, 1.165) is 12.8 Å². The van der Waals surface area contributed by atoms with Crippen molar-refractivity contribution < 1.29 is 19.4 Å². The Morgan fingerprint density at radius 3 is 2.81 bits per heavy atom. The van der Waals surface area contributed by atoms with Crippen molar-refractivity contribution in [3.8, 4) is 0 Å². The summed E-state index contributed by atoms with van der Waals surface area (Å²) < 4.78 is 5.37. The summed E-state index contributed by atoms with van der Waals surface area (Å²) in [6.07, 6.45) is 3.17. The topological polar surface area (TPSA) is 63.6 Å². The first-order valence-corrected chi connectivity index (χ1v) is 5.86. The molecule has 2 aliphatic carbocycles. The first-order valence-electron chi connectivity index (χ1n) is 5.86. The number of esters is 1. The summed E-state index contributed by atoms with van der Waals surface area (Å²) in [5.74, 6) is -1.11. The Bertz CT molecular complexity index is 377. The van der Waals surface area contributed by atoms with Gasteiger partial charge in [-0.1, -0.05) is 6.92 Å². The van der Waals surface area contributed by atoms with Crippen molar-refractivity contribution in [2.45, 2.75) is 45.1 Å². The largest absolute Gasteiger partial charge is 0.481 e. The van der Waals surface area contributed by atoms with Gasteiger partial charge < -0.3 is 9.84 Å². The number of rotatable bonds is 1. The number of carbonyl (C=O) groups excluding carboxylic acids is 1. The lowest BCUT2D eigenvalue weighted by molar-refractivity contribution is -0.161. The Morgan fingerprint density at radius 2 is 2.12 bits per heavy atom. The van der Waals surface area contributed by atoms with Gasteiger partial charge in [0.05, 0.1) is 11.3 Å². The Balaban J connectivity index is 2.07. The van der Waals surface area contributed by atoms with Gasteiger partial charge in [0.2, 0.25) is 0 Å². The van der Waals surface area contributed by atoms with E-state index in [1.54, 1.807) is 0 Å². The molecule has 1 N–H and O–H groups in total. The van der Waals surface area contributed by atoms with Gasteiger partial charge in [-0.2, -0.15) is 0 Å². The predicted octanol–water partition coefficient (Wildman–Crippen LogP) is 1.58. The van der Waals surface area contributed by atoms with Crippen LogP contribution in [0.4, 0.5) is 0 Å². The highest BCUT2D eigenvalue weighted by Crippen LogP contribution is 2.60. The normalized spacial score (nSPS) is 49.9. The molecule has 0 spiro atoms. The highest BCUT2D eigenvalue weighted by atomic mass is 16.5. The second-order valence-corrected chi connectivity index (χ2v) is 6.15. The molecule has 0 radical (unpaired) electrons. The number of ether oxygens (including phenoxy) is 1. The Kier molecular flexibility index (Phi) is 1.76. The van der Waals surface area contributed by atoms with Gasteiger partial charge in [0.15, 0.2) is 0 Å². The predicted molar refractivity (Wildman–Crippen MR) is 54.6 cm³/mol. The Labute approximate surface area is 94.0 Å². The number of aliphatic carboxylic acids is 1. The molecule has 3 unspecified atom stereocenters. The van der Waals surface area contributed by atoms with Crippen LogP contribution in [0, 0.1) is 16.7 Å². The van der Waals surface area contributed by atoms with Gasteiger partial charge in [0.1, 0.15) is 6.10 Å². The van der Waals surface area contributed by atoms with Crippen molar-refractivity contribution in [3.05, 3.63) is 0 Å². The number of fused-ring (bicyclic) bond motifs is 1. The van der Waals surface area contributed by atoms with E-state index in [2.05, 4.69) is 6.92 Å². The summed E-state index contributed by atoms with van der Waals surface area (Å²) in [4.78, 5) is 23.2. The van der Waals surface area contributed by atoms with Gasteiger partial charge >= 0.3 is 11.9 Å². The number of carboxylic acids is 1. The molecule has 4 atom stereocenters. The fraction of sp³-hybridized carbons (Fsp3) is 0.833. The summed E-state index contributed by atoms with van der Waals surface area (Å²) in [5.41, 5.74) is -0.719. The summed E-state index contributed by atoms with van der Waals surface area (Å²) in [6.45, 7) is 2.10. The Hall–Kier alpha value is -1.06. The molecule has 2 saturated heterocycles. The van der Waals surface area contributed by atoms with Crippen LogP contribution in [-0.4, -0.2) is 23.1 Å². The van der Waals surface area contributed by atoms with Gasteiger partial charge in [-0.3, -0.25) is 9.59 Å². The van der Waals surface area contributed by atoms with E-state index in [0.29, 0.717) is 19.3 Å². The molecule has 88 valence electrons. The van der Waals surface area contributed by atoms with Crippen molar-refractivity contribution >= 4 is 11.9 Å². The van der Waals surface area contributed by atoms with Crippen molar-refractivity contribution in [2.75, 3.05) is 0 Å². The smallest absolute Gasteiger partial charge is 0.309 e. The SMILES string of the molecule is C[C@@]12CC3CC(C(=O)O)(CC(C1)C(=O)O3)C2. The molecule has 0 aromatic heterocycles.